The third-order valence-electron chi connectivity index (χ3n) is 6.64. The topological polar surface area (TPSA) is 77.1 Å². The van der Waals surface area contributed by atoms with E-state index >= 15 is 0 Å². The molecule has 1 fully saturated rings. The first-order valence-electron chi connectivity index (χ1n) is 13.6. The Morgan fingerprint density at radius 1 is 0.919 bits per heavy atom. The Morgan fingerprint density at radius 3 is 2.14 bits per heavy atom. The van der Waals surface area contributed by atoms with Crippen LogP contribution in [0.15, 0.2) is 48.5 Å². The Labute approximate surface area is 221 Å². The van der Waals surface area contributed by atoms with Crippen molar-refractivity contribution in [2.45, 2.75) is 77.9 Å². The highest BCUT2D eigenvalue weighted by molar-refractivity contribution is 5.94. The van der Waals surface area contributed by atoms with Gasteiger partial charge in [-0.2, -0.15) is 0 Å². The predicted octanol–water partition coefficient (Wildman–Crippen LogP) is 6.66. The van der Waals surface area contributed by atoms with E-state index in [1.54, 1.807) is 29.2 Å². The van der Waals surface area contributed by atoms with E-state index in [1.807, 2.05) is 38.1 Å². The van der Waals surface area contributed by atoms with Gasteiger partial charge in [0.2, 0.25) is 0 Å². The maximum atomic E-state index is 12.6. The van der Waals surface area contributed by atoms with Crippen molar-refractivity contribution < 1.29 is 23.8 Å². The number of carbonyl (C=O) groups is 2. The smallest absolute Gasteiger partial charge is 0.408 e. The summed E-state index contributed by atoms with van der Waals surface area (Å²) >= 11 is 0. The number of carbonyl (C=O) groups excluding carboxylic acids is 2. The zero-order valence-electron chi connectivity index (χ0n) is 22.8. The molecule has 1 N–H and O–H groups in total. The molecule has 0 saturated carbocycles. The van der Waals surface area contributed by atoms with E-state index in [2.05, 4.69) is 19.2 Å². The number of unbranched alkanes of at least 4 members (excludes halogenated alkanes) is 2. The van der Waals surface area contributed by atoms with Crippen molar-refractivity contribution in [3.8, 4) is 11.5 Å². The number of hydrogen-bond donors (Lipinski definition) is 1. The molecule has 1 heterocycles. The molecule has 7 heteroatoms. The van der Waals surface area contributed by atoms with E-state index in [0.29, 0.717) is 43.4 Å². The molecule has 202 valence electrons. The molecule has 7 nitrogen and oxygen atoms in total. The molecule has 1 atom stereocenters. The average molecular weight is 511 g/mol. The molecule has 2 aromatic rings. The Kier molecular flexibility index (Phi) is 10.8. The van der Waals surface area contributed by atoms with Crippen LogP contribution in [-0.2, 0) is 15.0 Å². The highest BCUT2D eigenvalue weighted by Gasteiger charge is 2.25. The Bertz CT molecular complexity index is 982. The van der Waals surface area contributed by atoms with E-state index in [4.69, 9.17) is 14.2 Å². The molecule has 1 aliphatic rings. The summed E-state index contributed by atoms with van der Waals surface area (Å²) in [4.78, 5) is 27.1. The van der Waals surface area contributed by atoms with Gasteiger partial charge in [-0.1, -0.05) is 45.2 Å². The van der Waals surface area contributed by atoms with Crippen LogP contribution in [0.5, 0.6) is 11.5 Å². The van der Waals surface area contributed by atoms with Crippen LogP contribution in [0.3, 0.4) is 0 Å². The molecule has 1 unspecified atom stereocenters. The second-order valence-corrected chi connectivity index (χ2v) is 10.1. The summed E-state index contributed by atoms with van der Waals surface area (Å²) in [5.41, 5.74) is 0.981. The molecule has 0 bridgehead atoms. The van der Waals surface area contributed by atoms with Crippen molar-refractivity contribution >= 4 is 12.0 Å². The summed E-state index contributed by atoms with van der Waals surface area (Å²) in [5.74, 6) is 1.33. The van der Waals surface area contributed by atoms with Crippen LogP contribution in [0.25, 0.3) is 0 Å². The van der Waals surface area contributed by atoms with Crippen LogP contribution in [0.2, 0.25) is 0 Å². The molecule has 0 radical (unpaired) electrons. The van der Waals surface area contributed by atoms with Gasteiger partial charge in [0, 0.05) is 18.7 Å². The monoisotopic (exact) mass is 510 g/mol. The molecule has 2 aromatic carbocycles. The quantitative estimate of drug-likeness (QED) is 0.323. The second-order valence-electron chi connectivity index (χ2n) is 10.1. The van der Waals surface area contributed by atoms with Gasteiger partial charge >= 0.3 is 6.09 Å². The summed E-state index contributed by atoms with van der Waals surface area (Å²) in [6.07, 6.45) is 5.73. The lowest BCUT2D eigenvalue weighted by Crippen LogP contribution is -2.42. The fraction of sp³-hybridized carbons (Fsp3) is 0.533. The van der Waals surface area contributed by atoms with Gasteiger partial charge in [0.1, 0.15) is 17.6 Å². The maximum absolute atomic E-state index is 12.6. The first-order chi connectivity index (χ1) is 17.8. The lowest BCUT2D eigenvalue weighted by molar-refractivity contribution is 0.0303. The number of rotatable bonds is 12. The number of alkyl carbamates (subject to hydrolysis) is 1. The summed E-state index contributed by atoms with van der Waals surface area (Å²) < 4.78 is 17.1. The number of nitrogens with one attached hydrogen (secondary N) is 1. The predicted molar refractivity (Wildman–Crippen MR) is 145 cm³/mol. The van der Waals surface area contributed by atoms with Gasteiger partial charge < -0.3 is 24.4 Å². The van der Waals surface area contributed by atoms with Crippen LogP contribution in [0.4, 0.5) is 4.79 Å². The van der Waals surface area contributed by atoms with E-state index in [9.17, 15) is 9.59 Å². The molecular weight excluding hydrogens is 468 g/mol. The first kappa shape index (κ1) is 28.5. The van der Waals surface area contributed by atoms with E-state index in [0.717, 1.165) is 44.1 Å². The molecule has 1 saturated heterocycles. The largest absolute Gasteiger partial charge is 0.457 e. The minimum Gasteiger partial charge on any atom is -0.457 e. The summed E-state index contributed by atoms with van der Waals surface area (Å²) in [6, 6.07) is 14.8. The number of ether oxygens (including phenoxy) is 3. The van der Waals surface area contributed by atoms with Crippen molar-refractivity contribution in [1.82, 2.24) is 10.2 Å². The molecule has 0 spiro atoms. The van der Waals surface area contributed by atoms with Crippen LogP contribution in [0.1, 0.15) is 82.1 Å². The van der Waals surface area contributed by atoms with Gasteiger partial charge in [-0.3, -0.25) is 4.79 Å². The average Bonchev–Trinajstić information content (AvgIpc) is 2.89. The highest BCUT2D eigenvalue weighted by atomic mass is 16.6. The fourth-order valence-corrected chi connectivity index (χ4v) is 4.40. The lowest BCUT2D eigenvalue weighted by atomic mass is 9.94. The van der Waals surface area contributed by atoms with Gasteiger partial charge in [-0.05, 0) is 75.1 Å². The number of hydrogen-bond acceptors (Lipinski definition) is 5. The second kappa shape index (κ2) is 14.0. The van der Waals surface area contributed by atoms with Crippen molar-refractivity contribution in [3.63, 3.8) is 0 Å². The zero-order valence-corrected chi connectivity index (χ0v) is 22.8. The maximum Gasteiger partial charge on any atom is 0.408 e. The minimum atomic E-state index is -0.600. The summed E-state index contributed by atoms with van der Waals surface area (Å²) in [7, 11) is 0. The Balaban J connectivity index is 1.54. The van der Waals surface area contributed by atoms with Gasteiger partial charge in [0.15, 0.2) is 0 Å². The molecule has 2 amide bonds. The number of amides is 2. The highest BCUT2D eigenvalue weighted by Crippen LogP contribution is 2.27. The Hall–Kier alpha value is -3.06. The molecule has 3 rings (SSSR count). The molecule has 0 aromatic heterocycles. The normalized spacial score (nSPS) is 14.6. The third kappa shape index (κ3) is 8.78. The van der Waals surface area contributed by atoms with Crippen molar-refractivity contribution in [1.29, 1.82) is 0 Å². The number of nitrogens with zero attached hydrogens (tertiary/aromatic N) is 1. The Morgan fingerprint density at radius 2 is 1.54 bits per heavy atom. The van der Waals surface area contributed by atoms with E-state index in [-0.39, 0.29) is 18.1 Å². The van der Waals surface area contributed by atoms with Gasteiger partial charge in [-0.25, -0.2) is 4.79 Å². The van der Waals surface area contributed by atoms with Crippen molar-refractivity contribution in [2.24, 2.45) is 0 Å². The summed E-state index contributed by atoms with van der Waals surface area (Å²) in [5, 5.41) is 3.02. The fourth-order valence-electron chi connectivity index (χ4n) is 4.40. The summed E-state index contributed by atoms with van der Waals surface area (Å²) in [6.45, 7) is 10.6. The standard InChI is InChI=1S/C30H42N2O5/c1-5-7-8-10-25(9-6-2)37-29(34)31-30(3,4)24-13-17-27(18-14-24)36-26-15-11-23(12-16-26)28(33)32-19-21-35-22-20-32/h11-18,25H,5-10,19-22H2,1-4H3,(H,31,34). The van der Waals surface area contributed by atoms with E-state index in [1.165, 1.54) is 0 Å². The SMILES string of the molecule is CCCCCC(CCC)OC(=O)NC(C)(C)c1ccc(Oc2ccc(C(=O)N3CCOCC3)cc2)cc1. The molecular formula is C30H42N2O5. The van der Waals surface area contributed by atoms with Gasteiger partial charge in [0.05, 0.1) is 18.8 Å². The zero-order chi connectivity index (χ0) is 26.7. The number of benzene rings is 2. The van der Waals surface area contributed by atoms with Gasteiger partial charge in [0.25, 0.3) is 5.91 Å². The van der Waals surface area contributed by atoms with Crippen molar-refractivity contribution in [2.75, 3.05) is 26.3 Å². The van der Waals surface area contributed by atoms with Crippen LogP contribution in [-0.4, -0.2) is 49.3 Å². The molecule has 0 aliphatic carbocycles. The van der Waals surface area contributed by atoms with Crippen LogP contribution in [0, 0.1) is 0 Å². The van der Waals surface area contributed by atoms with E-state index < -0.39 is 5.54 Å². The number of morpholine rings is 1. The minimum absolute atomic E-state index is 0.00874. The first-order valence-corrected chi connectivity index (χ1v) is 13.6. The molecule has 1 aliphatic heterocycles. The lowest BCUT2D eigenvalue weighted by Gasteiger charge is -2.28. The van der Waals surface area contributed by atoms with Crippen LogP contribution < -0.4 is 10.1 Å². The van der Waals surface area contributed by atoms with Crippen molar-refractivity contribution in [3.05, 3.63) is 59.7 Å². The van der Waals surface area contributed by atoms with Gasteiger partial charge in [-0.15, -0.1) is 0 Å². The van der Waals surface area contributed by atoms with Crippen LogP contribution >= 0.6 is 0 Å². The third-order valence-corrected chi connectivity index (χ3v) is 6.64. The molecule has 37 heavy (non-hydrogen) atoms.